The number of nitrogens with zero attached hydrogens (tertiary/aromatic N) is 2. The Morgan fingerprint density at radius 2 is 2.25 bits per heavy atom. The third kappa shape index (κ3) is 2.46. The van der Waals surface area contributed by atoms with E-state index in [2.05, 4.69) is 10.4 Å². The van der Waals surface area contributed by atoms with Crippen LogP contribution in [0.4, 0.5) is 0 Å². The number of hydrogen-bond acceptors (Lipinski definition) is 3. The van der Waals surface area contributed by atoms with E-state index in [9.17, 15) is 4.79 Å². The monoisotopic (exact) mass is 278 g/mol. The van der Waals surface area contributed by atoms with E-state index < -0.39 is 5.41 Å². The Hall–Kier alpha value is -1.36. The lowest BCUT2D eigenvalue weighted by Crippen LogP contribution is -2.46. The Bertz CT molecular complexity index is 468. The van der Waals surface area contributed by atoms with E-state index in [1.807, 2.05) is 31.8 Å². The Morgan fingerprint density at radius 1 is 1.55 bits per heavy atom. The van der Waals surface area contributed by atoms with E-state index in [1.54, 1.807) is 0 Å². The average Bonchev–Trinajstić information content (AvgIpc) is 2.84. The maximum absolute atomic E-state index is 12.6. The SMILES string of the molecule is CCC(CC)(CN)C(=O)NC1CCCc2c1cnn2C. The van der Waals surface area contributed by atoms with Crippen LogP contribution in [0.5, 0.6) is 0 Å². The summed E-state index contributed by atoms with van der Waals surface area (Å²) in [5.74, 6) is 0.0895. The van der Waals surface area contributed by atoms with Crippen molar-refractivity contribution < 1.29 is 4.79 Å². The second-order valence-electron chi connectivity index (χ2n) is 5.78. The van der Waals surface area contributed by atoms with Crippen LogP contribution in [0.1, 0.15) is 56.8 Å². The topological polar surface area (TPSA) is 72.9 Å². The molecule has 0 aliphatic heterocycles. The van der Waals surface area contributed by atoms with Crippen molar-refractivity contribution in [3.63, 3.8) is 0 Å². The predicted molar refractivity (Wildman–Crippen MR) is 79.1 cm³/mol. The predicted octanol–water partition coefficient (Wildman–Crippen LogP) is 1.68. The molecule has 0 saturated heterocycles. The molecule has 3 N–H and O–H groups in total. The smallest absolute Gasteiger partial charge is 0.227 e. The van der Waals surface area contributed by atoms with Gasteiger partial charge in [-0.1, -0.05) is 13.8 Å². The van der Waals surface area contributed by atoms with Crippen molar-refractivity contribution in [3.05, 3.63) is 17.5 Å². The highest BCUT2D eigenvalue weighted by Crippen LogP contribution is 2.32. The van der Waals surface area contributed by atoms with Gasteiger partial charge >= 0.3 is 0 Å². The number of aryl methyl sites for hydroxylation is 1. The quantitative estimate of drug-likeness (QED) is 0.860. The summed E-state index contributed by atoms with van der Waals surface area (Å²) in [6.07, 6.45) is 6.56. The number of nitrogens with two attached hydrogens (primary N) is 1. The highest BCUT2D eigenvalue weighted by atomic mass is 16.2. The lowest BCUT2D eigenvalue weighted by Gasteiger charge is -2.32. The van der Waals surface area contributed by atoms with Gasteiger partial charge in [-0.2, -0.15) is 5.10 Å². The van der Waals surface area contributed by atoms with Gasteiger partial charge in [0.1, 0.15) is 0 Å². The Kier molecular flexibility index (Phi) is 4.48. The first-order valence-electron chi connectivity index (χ1n) is 7.59. The van der Waals surface area contributed by atoms with E-state index in [-0.39, 0.29) is 11.9 Å². The molecule has 0 spiro atoms. The maximum atomic E-state index is 12.6. The molecule has 0 radical (unpaired) electrons. The molecule has 0 bridgehead atoms. The Balaban J connectivity index is 2.17. The van der Waals surface area contributed by atoms with Crippen LogP contribution in [-0.4, -0.2) is 22.2 Å². The summed E-state index contributed by atoms with van der Waals surface area (Å²) < 4.78 is 1.92. The first-order chi connectivity index (χ1) is 9.57. The van der Waals surface area contributed by atoms with Crippen LogP contribution in [0.2, 0.25) is 0 Å². The molecule has 1 amide bonds. The molecular weight excluding hydrogens is 252 g/mol. The van der Waals surface area contributed by atoms with Crippen molar-refractivity contribution >= 4 is 5.91 Å². The van der Waals surface area contributed by atoms with Gasteiger partial charge in [0.05, 0.1) is 17.7 Å². The minimum atomic E-state index is -0.431. The average molecular weight is 278 g/mol. The number of rotatable bonds is 5. The van der Waals surface area contributed by atoms with Crippen LogP contribution in [-0.2, 0) is 18.3 Å². The van der Waals surface area contributed by atoms with Crippen molar-refractivity contribution in [2.75, 3.05) is 6.54 Å². The van der Waals surface area contributed by atoms with Crippen molar-refractivity contribution in [2.45, 2.75) is 52.0 Å². The normalized spacial score (nSPS) is 18.7. The molecule has 5 heteroatoms. The van der Waals surface area contributed by atoms with Crippen LogP contribution in [0.15, 0.2) is 6.20 Å². The molecule has 0 fully saturated rings. The third-order valence-electron chi connectivity index (χ3n) is 4.91. The van der Waals surface area contributed by atoms with E-state index in [4.69, 9.17) is 5.73 Å². The van der Waals surface area contributed by atoms with Gasteiger partial charge in [-0.05, 0) is 32.1 Å². The number of fused-ring (bicyclic) bond motifs is 1. The molecule has 2 rings (SSSR count). The van der Waals surface area contributed by atoms with Crippen LogP contribution in [0.3, 0.4) is 0 Å². The van der Waals surface area contributed by atoms with Gasteiger partial charge in [-0.15, -0.1) is 0 Å². The number of carbonyl (C=O) groups excluding carboxylic acids is 1. The third-order valence-corrected chi connectivity index (χ3v) is 4.91. The Labute approximate surface area is 120 Å². The fourth-order valence-corrected chi connectivity index (χ4v) is 3.12. The molecular formula is C15H26N4O. The van der Waals surface area contributed by atoms with Crippen LogP contribution in [0.25, 0.3) is 0 Å². The number of nitrogens with one attached hydrogen (secondary N) is 1. The molecule has 1 aromatic heterocycles. The van der Waals surface area contributed by atoms with Crippen molar-refractivity contribution in [3.8, 4) is 0 Å². The van der Waals surface area contributed by atoms with Gasteiger partial charge in [-0.25, -0.2) is 0 Å². The van der Waals surface area contributed by atoms with Gasteiger partial charge < -0.3 is 11.1 Å². The first-order valence-corrected chi connectivity index (χ1v) is 7.59. The van der Waals surface area contributed by atoms with E-state index in [0.29, 0.717) is 6.54 Å². The second-order valence-corrected chi connectivity index (χ2v) is 5.78. The highest BCUT2D eigenvalue weighted by Gasteiger charge is 2.35. The van der Waals surface area contributed by atoms with Gasteiger partial charge in [0.25, 0.3) is 0 Å². The molecule has 5 nitrogen and oxygen atoms in total. The van der Waals surface area contributed by atoms with Crippen LogP contribution < -0.4 is 11.1 Å². The molecule has 1 heterocycles. The fraction of sp³-hybridized carbons (Fsp3) is 0.733. The second kappa shape index (κ2) is 5.95. The van der Waals surface area contributed by atoms with Crippen molar-refractivity contribution in [2.24, 2.45) is 18.2 Å². The van der Waals surface area contributed by atoms with E-state index >= 15 is 0 Å². The highest BCUT2D eigenvalue weighted by molar-refractivity contribution is 5.83. The zero-order valence-electron chi connectivity index (χ0n) is 12.8. The summed E-state index contributed by atoms with van der Waals surface area (Å²) in [6.45, 7) is 4.47. The zero-order valence-corrected chi connectivity index (χ0v) is 12.8. The van der Waals surface area contributed by atoms with E-state index in [1.165, 1.54) is 11.3 Å². The molecule has 112 valence electrons. The molecule has 1 aliphatic carbocycles. The summed E-state index contributed by atoms with van der Waals surface area (Å²) in [7, 11) is 1.96. The number of aromatic nitrogens is 2. The summed E-state index contributed by atoms with van der Waals surface area (Å²) >= 11 is 0. The number of hydrogen-bond donors (Lipinski definition) is 2. The summed E-state index contributed by atoms with van der Waals surface area (Å²) in [5, 5.41) is 7.53. The number of carbonyl (C=O) groups is 1. The fourth-order valence-electron chi connectivity index (χ4n) is 3.12. The zero-order chi connectivity index (χ0) is 14.8. The van der Waals surface area contributed by atoms with Gasteiger partial charge in [0.2, 0.25) is 5.91 Å². The van der Waals surface area contributed by atoms with Gasteiger partial charge in [0.15, 0.2) is 0 Å². The number of amides is 1. The lowest BCUT2D eigenvalue weighted by molar-refractivity contribution is -0.132. The summed E-state index contributed by atoms with van der Waals surface area (Å²) in [4.78, 5) is 12.6. The summed E-state index contributed by atoms with van der Waals surface area (Å²) in [5.41, 5.74) is 7.84. The van der Waals surface area contributed by atoms with Gasteiger partial charge in [-0.3, -0.25) is 9.48 Å². The van der Waals surface area contributed by atoms with Crippen LogP contribution >= 0.6 is 0 Å². The van der Waals surface area contributed by atoms with Gasteiger partial charge in [0, 0.05) is 24.8 Å². The lowest BCUT2D eigenvalue weighted by atomic mass is 9.80. The molecule has 20 heavy (non-hydrogen) atoms. The summed E-state index contributed by atoms with van der Waals surface area (Å²) in [6, 6.07) is 0.0870. The molecule has 1 aliphatic rings. The maximum Gasteiger partial charge on any atom is 0.227 e. The Morgan fingerprint density at radius 3 is 2.85 bits per heavy atom. The molecule has 1 unspecified atom stereocenters. The molecule has 0 saturated carbocycles. The minimum absolute atomic E-state index is 0.0870. The van der Waals surface area contributed by atoms with Crippen LogP contribution in [0, 0.1) is 5.41 Å². The van der Waals surface area contributed by atoms with E-state index in [0.717, 1.165) is 32.1 Å². The molecule has 0 aromatic carbocycles. The molecule has 1 atom stereocenters. The standard InChI is InChI=1S/C15H26N4O/c1-4-15(5-2,10-16)14(20)18-12-7-6-8-13-11(12)9-17-19(13)3/h9,12H,4-8,10,16H2,1-3H3,(H,18,20). The minimum Gasteiger partial charge on any atom is -0.349 e. The van der Waals surface area contributed by atoms with Crippen molar-refractivity contribution in [1.29, 1.82) is 0 Å². The largest absolute Gasteiger partial charge is 0.349 e. The first kappa shape index (κ1) is 15.0. The van der Waals surface area contributed by atoms with Crippen molar-refractivity contribution in [1.82, 2.24) is 15.1 Å². The molecule has 1 aromatic rings.